The molecule has 0 spiro atoms. The van der Waals surface area contributed by atoms with Gasteiger partial charge in [-0.3, -0.25) is 9.78 Å². The highest BCUT2D eigenvalue weighted by molar-refractivity contribution is 9.10. The van der Waals surface area contributed by atoms with Crippen LogP contribution in [0.2, 0.25) is 0 Å². The second kappa shape index (κ2) is 5.31. The van der Waals surface area contributed by atoms with Crippen LogP contribution in [0.4, 0.5) is 11.5 Å². The quantitative estimate of drug-likeness (QED) is 0.883. The number of aryl methyl sites for hydroxylation is 1. The van der Waals surface area contributed by atoms with Crippen molar-refractivity contribution in [3.05, 3.63) is 40.0 Å². The Kier molecular flexibility index (Phi) is 3.75. The first-order valence-electron chi connectivity index (χ1n) is 5.50. The highest BCUT2D eigenvalue weighted by atomic mass is 79.9. The third-order valence-electron chi connectivity index (χ3n) is 2.60. The maximum Gasteiger partial charge on any atom is 0.275 e. The van der Waals surface area contributed by atoms with Crippen molar-refractivity contribution >= 4 is 33.3 Å². The van der Waals surface area contributed by atoms with Crippen LogP contribution >= 0.6 is 15.9 Å². The van der Waals surface area contributed by atoms with E-state index in [0.717, 1.165) is 15.7 Å². The number of halogens is 1. The number of aromatic nitrogens is 3. The third kappa shape index (κ3) is 2.70. The SMILES string of the molecule is Cc1nc(N)c(NC(=O)c2cnccn2)c(C)c1Br. The summed E-state index contributed by atoms with van der Waals surface area (Å²) < 4.78 is 0.816. The Morgan fingerprint density at radius 1 is 1.37 bits per heavy atom. The van der Waals surface area contributed by atoms with Crippen molar-refractivity contribution in [3.63, 3.8) is 0 Å². The zero-order valence-electron chi connectivity index (χ0n) is 10.4. The molecule has 19 heavy (non-hydrogen) atoms. The molecule has 0 unspecified atom stereocenters. The highest BCUT2D eigenvalue weighted by Crippen LogP contribution is 2.30. The van der Waals surface area contributed by atoms with E-state index in [1.54, 1.807) is 0 Å². The van der Waals surface area contributed by atoms with E-state index in [-0.39, 0.29) is 17.4 Å². The molecule has 0 aromatic carbocycles. The zero-order valence-corrected chi connectivity index (χ0v) is 12.0. The number of carbonyl (C=O) groups excluding carboxylic acids is 1. The molecule has 0 radical (unpaired) electrons. The predicted molar refractivity (Wildman–Crippen MR) is 75.8 cm³/mol. The van der Waals surface area contributed by atoms with E-state index in [1.165, 1.54) is 18.6 Å². The van der Waals surface area contributed by atoms with Crippen LogP contribution in [-0.2, 0) is 0 Å². The average Bonchev–Trinajstić information content (AvgIpc) is 2.42. The van der Waals surface area contributed by atoms with Crippen LogP contribution < -0.4 is 11.1 Å². The minimum atomic E-state index is -0.375. The summed E-state index contributed by atoms with van der Waals surface area (Å²) in [5, 5.41) is 2.70. The molecular formula is C12H12BrN5O. The summed E-state index contributed by atoms with van der Waals surface area (Å²) in [6, 6.07) is 0. The average molecular weight is 322 g/mol. The molecule has 7 heteroatoms. The lowest BCUT2D eigenvalue weighted by atomic mass is 10.2. The Morgan fingerprint density at radius 2 is 2.11 bits per heavy atom. The molecule has 98 valence electrons. The third-order valence-corrected chi connectivity index (χ3v) is 3.77. The molecule has 0 saturated carbocycles. The van der Waals surface area contributed by atoms with Gasteiger partial charge in [-0.05, 0) is 35.3 Å². The van der Waals surface area contributed by atoms with E-state index in [0.29, 0.717) is 5.69 Å². The Bertz CT molecular complexity index is 630. The van der Waals surface area contributed by atoms with Gasteiger partial charge in [0.15, 0.2) is 0 Å². The van der Waals surface area contributed by atoms with E-state index in [9.17, 15) is 4.79 Å². The summed E-state index contributed by atoms with van der Waals surface area (Å²) in [6.45, 7) is 3.68. The van der Waals surface area contributed by atoms with Crippen molar-refractivity contribution in [2.75, 3.05) is 11.1 Å². The van der Waals surface area contributed by atoms with E-state index < -0.39 is 0 Å². The summed E-state index contributed by atoms with van der Waals surface area (Å²) in [5.41, 5.74) is 8.13. The predicted octanol–water partition coefficient (Wildman–Crippen LogP) is 2.09. The lowest BCUT2D eigenvalue weighted by molar-refractivity contribution is 0.102. The summed E-state index contributed by atoms with van der Waals surface area (Å²) >= 11 is 3.41. The number of hydrogen-bond donors (Lipinski definition) is 2. The first kappa shape index (κ1) is 13.4. The lowest BCUT2D eigenvalue weighted by Crippen LogP contribution is -2.17. The van der Waals surface area contributed by atoms with E-state index in [4.69, 9.17) is 5.73 Å². The lowest BCUT2D eigenvalue weighted by Gasteiger charge is -2.13. The van der Waals surface area contributed by atoms with Gasteiger partial charge in [-0.1, -0.05) is 0 Å². The second-order valence-electron chi connectivity index (χ2n) is 3.94. The van der Waals surface area contributed by atoms with Gasteiger partial charge in [0, 0.05) is 16.9 Å². The minimum absolute atomic E-state index is 0.220. The van der Waals surface area contributed by atoms with Gasteiger partial charge in [0.25, 0.3) is 5.91 Å². The van der Waals surface area contributed by atoms with Gasteiger partial charge < -0.3 is 11.1 Å². The van der Waals surface area contributed by atoms with Crippen molar-refractivity contribution < 1.29 is 4.79 Å². The summed E-state index contributed by atoms with van der Waals surface area (Å²) in [6.07, 6.45) is 4.34. The number of rotatable bonds is 2. The van der Waals surface area contributed by atoms with Crippen LogP contribution in [0, 0.1) is 13.8 Å². The van der Waals surface area contributed by atoms with Gasteiger partial charge in [-0.25, -0.2) is 9.97 Å². The molecule has 0 aliphatic heterocycles. The Morgan fingerprint density at radius 3 is 2.74 bits per heavy atom. The van der Waals surface area contributed by atoms with Crippen LogP contribution in [0.3, 0.4) is 0 Å². The molecule has 0 fully saturated rings. The second-order valence-corrected chi connectivity index (χ2v) is 4.73. The molecule has 0 bridgehead atoms. The summed E-state index contributed by atoms with van der Waals surface area (Å²) in [7, 11) is 0. The number of nitrogens with two attached hydrogens (primary N) is 1. The largest absolute Gasteiger partial charge is 0.382 e. The topological polar surface area (TPSA) is 93.8 Å². The fourth-order valence-corrected chi connectivity index (χ4v) is 1.90. The molecule has 2 heterocycles. The molecular weight excluding hydrogens is 310 g/mol. The van der Waals surface area contributed by atoms with Gasteiger partial charge in [0.2, 0.25) is 0 Å². The van der Waals surface area contributed by atoms with Gasteiger partial charge in [0.1, 0.15) is 11.5 Å². The molecule has 2 rings (SSSR count). The Balaban J connectivity index is 2.35. The van der Waals surface area contributed by atoms with Gasteiger partial charge in [0.05, 0.1) is 17.6 Å². The number of pyridine rings is 1. The standard InChI is InChI=1S/C12H12BrN5O/c1-6-9(13)7(2)17-11(14)10(6)18-12(19)8-5-15-3-4-16-8/h3-5H,1-2H3,(H2,14,17)(H,18,19). The number of hydrogen-bond acceptors (Lipinski definition) is 5. The maximum absolute atomic E-state index is 12.0. The molecule has 2 aromatic heterocycles. The van der Waals surface area contributed by atoms with Crippen LogP contribution in [0.1, 0.15) is 21.7 Å². The van der Waals surface area contributed by atoms with Crippen molar-refractivity contribution in [2.24, 2.45) is 0 Å². The molecule has 1 amide bonds. The molecule has 2 aromatic rings. The van der Waals surface area contributed by atoms with Crippen LogP contribution in [0.25, 0.3) is 0 Å². The van der Waals surface area contributed by atoms with Gasteiger partial charge in [-0.2, -0.15) is 0 Å². The van der Waals surface area contributed by atoms with Crippen LogP contribution in [-0.4, -0.2) is 20.9 Å². The molecule has 0 aliphatic rings. The first-order chi connectivity index (χ1) is 9.00. The zero-order chi connectivity index (χ0) is 14.0. The van der Waals surface area contributed by atoms with Crippen molar-refractivity contribution in [3.8, 4) is 0 Å². The molecule has 0 saturated heterocycles. The normalized spacial score (nSPS) is 10.3. The van der Waals surface area contributed by atoms with Crippen molar-refractivity contribution in [2.45, 2.75) is 13.8 Å². The molecule has 0 atom stereocenters. The Labute approximate surface area is 118 Å². The van der Waals surface area contributed by atoms with E-state index in [2.05, 4.69) is 36.2 Å². The number of anilines is 2. The van der Waals surface area contributed by atoms with E-state index >= 15 is 0 Å². The van der Waals surface area contributed by atoms with E-state index in [1.807, 2.05) is 13.8 Å². The van der Waals surface area contributed by atoms with Crippen LogP contribution in [0.5, 0.6) is 0 Å². The minimum Gasteiger partial charge on any atom is -0.382 e. The Hall–Kier alpha value is -2.02. The number of amides is 1. The summed E-state index contributed by atoms with van der Waals surface area (Å²) in [5.74, 6) is -0.101. The fourth-order valence-electron chi connectivity index (χ4n) is 1.61. The number of nitrogens with one attached hydrogen (secondary N) is 1. The molecule has 0 aliphatic carbocycles. The van der Waals surface area contributed by atoms with Gasteiger partial charge in [-0.15, -0.1) is 0 Å². The van der Waals surface area contributed by atoms with Gasteiger partial charge >= 0.3 is 0 Å². The van der Waals surface area contributed by atoms with Crippen molar-refractivity contribution in [1.82, 2.24) is 15.0 Å². The number of nitrogens with zero attached hydrogens (tertiary/aromatic N) is 3. The fraction of sp³-hybridized carbons (Fsp3) is 0.167. The molecule has 6 nitrogen and oxygen atoms in total. The monoisotopic (exact) mass is 321 g/mol. The smallest absolute Gasteiger partial charge is 0.275 e. The van der Waals surface area contributed by atoms with Crippen LogP contribution in [0.15, 0.2) is 23.1 Å². The number of nitrogen functional groups attached to an aromatic ring is 1. The first-order valence-corrected chi connectivity index (χ1v) is 6.29. The number of carbonyl (C=O) groups is 1. The summed E-state index contributed by atoms with van der Waals surface area (Å²) in [4.78, 5) is 23.9. The highest BCUT2D eigenvalue weighted by Gasteiger charge is 2.15. The van der Waals surface area contributed by atoms with Crippen molar-refractivity contribution in [1.29, 1.82) is 0 Å². The maximum atomic E-state index is 12.0. The molecule has 3 N–H and O–H groups in total.